The van der Waals surface area contributed by atoms with Gasteiger partial charge >= 0.3 is 0 Å². The van der Waals surface area contributed by atoms with Gasteiger partial charge < -0.3 is 10.1 Å². The first kappa shape index (κ1) is 24.6. The van der Waals surface area contributed by atoms with Gasteiger partial charge in [-0.25, -0.2) is 22.8 Å². The number of rotatable bonds is 5. The van der Waals surface area contributed by atoms with Crippen LogP contribution in [0.3, 0.4) is 0 Å². The molecule has 0 radical (unpaired) electrons. The van der Waals surface area contributed by atoms with Crippen molar-refractivity contribution in [3.63, 3.8) is 0 Å². The van der Waals surface area contributed by atoms with Crippen molar-refractivity contribution in [1.29, 1.82) is 0 Å². The van der Waals surface area contributed by atoms with Gasteiger partial charge in [-0.2, -0.15) is 0 Å². The molecule has 1 aromatic carbocycles. The lowest BCUT2D eigenvalue weighted by molar-refractivity contribution is 0.0561. The van der Waals surface area contributed by atoms with Crippen LogP contribution in [0.2, 0.25) is 0 Å². The second kappa shape index (κ2) is 9.52. The van der Waals surface area contributed by atoms with E-state index in [0.29, 0.717) is 46.7 Å². The average molecular weight is 533 g/mol. The van der Waals surface area contributed by atoms with E-state index in [1.165, 1.54) is 6.07 Å². The van der Waals surface area contributed by atoms with Crippen LogP contribution in [0.5, 0.6) is 0 Å². The van der Waals surface area contributed by atoms with Crippen LogP contribution in [0.4, 0.5) is 4.39 Å². The summed E-state index contributed by atoms with van der Waals surface area (Å²) in [6, 6.07) is 15.5. The van der Waals surface area contributed by atoms with Crippen LogP contribution in [0.15, 0.2) is 65.7 Å². The number of hydrogen-bond acceptors (Lipinski definition) is 7. The highest BCUT2D eigenvalue weighted by Gasteiger charge is 2.40. The van der Waals surface area contributed by atoms with E-state index in [-0.39, 0.29) is 36.0 Å². The topological polar surface area (TPSA) is 111 Å². The van der Waals surface area contributed by atoms with Crippen molar-refractivity contribution in [1.82, 2.24) is 20.3 Å². The van der Waals surface area contributed by atoms with Crippen molar-refractivity contribution in [3.05, 3.63) is 83.3 Å². The van der Waals surface area contributed by atoms with Gasteiger partial charge in [0.1, 0.15) is 0 Å². The number of halogens is 1. The van der Waals surface area contributed by atoms with Gasteiger partial charge in [-0.3, -0.25) is 9.78 Å². The van der Waals surface area contributed by atoms with Crippen LogP contribution in [0, 0.1) is 0 Å². The molecular weight excluding hydrogens is 507 g/mol. The molecule has 1 aliphatic heterocycles. The van der Waals surface area contributed by atoms with E-state index < -0.39 is 21.4 Å². The monoisotopic (exact) mass is 532 g/mol. The van der Waals surface area contributed by atoms with Gasteiger partial charge in [0.2, 0.25) is 0 Å². The molecule has 4 aromatic rings. The summed E-state index contributed by atoms with van der Waals surface area (Å²) in [5.41, 5.74) is 2.37. The second-order valence-corrected chi connectivity index (χ2v) is 11.7. The summed E-state index contributed by atoms with van der Waals surface area (Å²) in [7, 11) is -3.51. The number of alkyl halides is 1. The number of carbonyl (C=O) groups is 1. The summed E-state index contributed by atoms with van der Waals surface area (Å²) < 4.78 is 45.3. The standard InChI is InChI=1S/C28H25FN4O4S/c29-28(9-2-10-28)26-4-1-3-22(33-26)23-8-7-19-15-30-21(14-24(19)32-23)16-31-27(34)18-5-6-20-17-37-11-12-38(35,36)25(20)13-18/h1,3-8,13-15H,2,9-12,16-17H2,(H,31,34). The van der Waals surface area contributed by atoms with Gasteiger partial charge in [-0.15, -0.1) is 0 Å². The number of amides is 1. The van der Waals surface area contributed by atoms with E-state index in [4.69, 9.17) is 9.72 Å². The molecule has 0 spiro atoms. The minimum atomic E-state index is -3.51. The molecule has 1 amide bonds. The van der Waals surface area contributed by atoms with Gasteiger partial charge in [-0.1, -0.05) is 12.1 Å². The lowest BCUT2D eigenvalue weighted by Gasteiger charge is -2.33. The van der Waals surface area contributed by atoms with E-state index in [9.17, 15) is 17.6 Å². The maximum Gasteiger partial charge on any atom is 0.251 e. The van der Waals surface area contributed by atoms with Crippen molar-refractivity contribution in [2.75, 3.05) is 12.4 Å². The molecule has 1 fully saturated rings. The second-order valence-electron chi connectivity index (χ2n) is 9.67. The molecule has 0 atom stereocenters. The van der Waals surface area contributed by atoms with Crippen LogP contribution < -0.4 is 5.32 Å². The number of aromatic nitrogens is 3. The molecule has 0 bridgehead atoms. The highest BCUT2D eigenvalue weighted by atomic mass is 32.2. The Labute approximate surface area is 219 Å². The normalized spacial score (nSPS) is 17.7. The van der Waals surface area contributed by atoms with Crippen molar-refractivity contribution < 1.29 is 22.3 Å². The smallest absolute Gasteiger partial charge is 0.251 e. The first-order valence-electron chi connectivity index (χ1n) is 12.4. The van der Waals surface area contributed by atoms with Crippen LogP contribution in [-0.4, -0.2) is 41.6 Å². The highest BCUT2D eigenvalue weighted by Crippen LogP contribution is 2.44. The Morgan fingerprint density at radius 3 is 2.71 bits per heavy atom. The minimum absolute atomic E-state index is 0.116. The minimum Gasteiger partial charge on any atom is -0.376 e. The van der Waals surface area contributed by atoms with Crippen molar-refractivity contribution in [2.24, 2.45) is 0 Å². The third-order valence-electron chi connectivity index (χ3n) is 7.10. The van der Waals surface area contributed by atoms with Crippen molar-refractivity contribution in [3.8, 4) is 11.4 Å². The summed E-state index contributed by atoms with van der Waals surface area (Å²) >= 11 is 0. The molecule has 1 aliphatic carbocycles. The number of nitrogens with one attached hydrogen (secondary N) is 1. The van der Waals surface area contributed by atoms with Gasteiger partial charge in [0.15, 0.2) is 15.5 Å². The summed E-state index contributed by atoms with van der Waals surface area (Å²) in [6.45, 7) is 0.451. The number of carbonyl (C=O) groups excluding carboxylic acids is 1. The zero-order valence-electron chi connectivity index (χ0n) is 20.5. The van der Waals surface area contributed by atoms with E-state index in [1.807, 2.05) is 18.2 Å². The Morgan fingerprint density at radius 1 is 1.05 bits per heavy atom. The molecule has 3 aromatic heterocycles. The molecule has 38 heavy (non-hydrogen) atoms. The van der Waals surface area contributed by atoms with Gasteiger partial charge in [0.05, 0.1) is 58.7 Å². The number of fused-ring (bicyclic) bond motifs is 2. The average Bonchev–Trinajstić information content (AvgIpc) is 3.07. The SMILES string of the molecule is O=C(NCc1cc2nc(-c3cccc(C4(F)CCC4)n3)ccc2cn1)c1ccc2c(c1)S(=O)(=O)CCOC2. The Morgan fingerprint density at radius 2 is 1.89 bits per heavy atom. The Kier molecular flexibility index (Phi) is 6.16. The summed E-state index contributed by atoms with van der Waals surface area (Å²) in [6.07, 6.45) is 3.52. The molecule has 6 rings (SSSR count). The molecule has 8 nitrogen and oxygen atoms in total. The molecule has 1 saturated carbocycles. The molecule has 0 unspecified atom stereocenters. The van der Waals surface area contributed by atoms with Crippen molar-refractivity contribution in [2.45, 2.75) is 43.0 Å². The first-order valence-corrected chi connectivity index (χ1v) is 14.1. The molecule has 1 N–H and O–H groups in total. The highest BCUT2D eigenvalue weighted by molar-refractivity contribution is 7.91. The molecule has 2 aliphatic rings. The predicted octanol–water partition coefficient (Wildman–Crippen LogP) is 4.27. The van der Waals surface area contributed by atoms with Gasteiger partial charge in [0, 0.05) is 17.1 Å². The molecular formula is C28H25FN4O4S. The largest absolute Gasteiger partial charge is 0.376 e. The maximum absolute atomic E-state index is 14.9. The number of ether oxygens (including phenoxy) is 1. The molecule has 10 heteroatoms. The molecule has 4 heterocycles. The van der Waals surface area contributed by atoms with Crippen LogP contribution in [-0.2, 0) is 33.4 Å². The maximum atomic E-state index is 14.9. The van der Waals surface area contributed by atoms with Crippen molar-refractivity contribution >= 4 is 26.6 Å². The summed E-state index contributed by atoms with van der Waals surface area (Å²) in [4.78, 5) is 26.6. The number of pyridine rings is 3. The number of hydrogen-bond donors (Lipinski definition) is 1. The predicted molar refractivity (Wildman–Crippen MR) is 139 cm³/mol. The van der Waals surface area contributed by atoms with E-state index >= 15 is 0 Å². The van der Waals surface area contributed by atoms with E-state index in [2.05, 4.69) is 15.3 Å². The van der Waals surface area contributed by atoms with E-state index in [1.54, 1.807) is 36.5 Å². The number of sulfone groups is 1. The number of nitrogens with zero attached hydrogens (tertiary/aromatic N) is 3. The first-order chi connectivity index (χ1) is 18.3. The molecule has 0 saturated heterocycles. The lowest BCUT2D eigenvalue weighted by Crippen LogP contribution is -2.29. The quantitative estimate of drug-likeness (QED) is 0.409. The zero-order chi connectivity index (χ0) is 26.3. The Bertz CT molecular complexity index is 1670. The molecule has 194 valence electrons. The Hall–Kier alpha value is -3.76. The van der Waals surface area contributed by atoms with Crippen LogP contribution in [0.1, 0.15) is 46.6 Å². The van der Waals surface area contributed by atoms with Gasteiger partial charge in [0.25, 0.3) is 5.91 Å². The third kappa shape index (κ3) is 4.65. The third-order valence-corrected chi connectivity index (χ3v) is 8.85. The summed E-state index contributed by atoms with van der Waals surface area (Å²) in [5.74, 6) is -0.524. The fraction of sp³-hybridized carbons (Fsp3) is 0.286. The van der Waals surface area contributed by atoms with Gasteiger partial charge in [-0.05, 0) is 67.3 Å². The fourth-order valence-electron chi connectivity index (χ4n) is 4.71. The Balaban J connectivity index is 1.21. The van der Waals surface area contributed by atoms with E-state index in [0.717, 1.165) is 11.8 Å². The zero-order valence-corrected chi connectivity index (χ0v) is 21.3. The van der Waals surface area contributed by atoms with Crippen LogP contribution in [0.25, 0.3) is 22.3 Å². The fourth-order valence-corrected chi connectivity index (χ4v) is 6.10. The lowest BCUT2D eigenvalue weighted by atomic mass is 9.79. The van der Waals surface area contributed by atoms with Crippen LogP contribution >= 0.6 is 0 Å². The number of benzene rings is 1. The summed E-state index contributed by atoms with van der Waals surface area (Å²) in [5, 5.41) is 3.62.